The molecule has 38 heavy (non-hydrogen) atoms. The van der Waals surface area contributed by atoms with Gasteiger partial charge in [-0.1, -0.05) is 80.6 Å². The van der Waals surface area contributed by atoms with Gasteiger partial charge in [-0.25, -0.2) is 0 Å². The van der Waals surface area contributed by atoms with Crippen molar-refractivity contribution in [1.29, 1.82) is 0 Å². The van der Waals surface area contributed by atoms with E-state index >= 15 is 0 Å². The lowest BCUT2D eigenvalue weighted by Crippen LogP contribution is -2.31. The number of aryl methyl sites for hydroxylation is 1. The molecular formula is C34H45NO3. The van der Waals surface area contributed by atoms with Crippen LogP contribution in [0.5, 0.6) is 11.5 Å². The van der Waals surface area contributed by atoms with E-state index in [1.165, 1.54) is 5.56 Å². The summed E-state index contributed by atoms with van der Waals surface area (Å²) in [6.07, 6.45) is 4.55. The topological polar surface area (TPSA) is 47.6 Å². The fourth-order valence-corrected chi connectivity index (χ4v) is 4.20. The first kappa shape index (κ1) is 29.3. The van der Waals surface area contributed by atoms with E-state index in [9.17, 15) is 4.79 Å². The molecular weight excluding hydrogens is 470 g/mol. The van der Waals surface area contributed by atoms with Gasteiger partial charge in [0.1, 0.15) is 22.7 Å². The maximum absolute atomic E-state index is 13.3. The fourth-order valence-electron chi connectivity index (χ4n) is 4.20. The van der Waals surface area contributed by atoms with Gasteiger partial charge < -0.3 is 14.8 Å². The van der Waals surface area contributed by atoms with Crippen molar-refractivity contribution in [2.24, 2.45) is 0 Å². The smallest absolute Gasteiger partial charge is 0.232 e. The third-order valence-corrected chi connectivity index (χ3v) is 7.22. The van der Waals surface area contributed by atoms with Crippen molar-refractivity contribution < 1.29 is 14.3 Å². The quantitative estimate of drug-likeness (QED) is 0.221. The Bertz CT molecular complexity index is 1100. The van der Waals surface area contributed by atoms with Gasteiger partial charge in [0.15, 0.2) is 0 Å². The summed E-state index contributed by atoms with van der Waals surface area (Å²) in [6.45, 7) is 13.3. The Balaban J connectivity index is 1.62. The summed E-state index contributed by atoms with van der Waals surface area (Å²) >= 11 is 0. The maximum Gasteiger partial charge on any atom is 0.232 e. The minimum absolute atomic E-state index is 0.0381. The van der Waals surface area contributed by atoms with Crippen LogP contribution in [0.1, 0.15) is 89.8 Å². The number of benzene rings is 3. The molecule has 0 aliphatic heterocycles. The Morgan fingerprint density at radius 2 is 1.32 bits per heavy atom. The van der Waals surface area contributed by atoms with E-state index in [1.807, 2.05) is 72.8 Å². The van der Waals surface area contributed by atoms with E-state index in [2.05, 4.69) is 52.9 Å². The molecule has 0 atom stereocenters. The van der Waals surface area contributed by atoms with Gasteiger partial charge in [0.25, 0.3) is 0 Å². The van der Waals surface area contributed by atoms with Gasteiger partial charge in [-0.2, -0.15) is 0 Å². The van der Waals surface area contributed by atoms with Crippen molar-refractivity contribution in [2.45, 2.75) is 90.8 Å². The number of carbonyl (C=O) groups is 1. The Morgan fingerprint density at radius 3 is 1.87 bits per heavy atom. The second-order valence-electron chi connectivity index (χ2n) is 11.2. The number of amides is 1. The van der Waals surface area contributed by atoms with Crippen LogP contribution >= 0.6 is 0 Å². The van der Waals surface area contributed by atoms with E-state index in [1.54, 1.807) is 0 Å². The Hall–Kier alpha value is -3.27. The van der Waals surface area contributed by atoms with Crippen LogP contribution in [0.15, 0.2) is 78.9 Å². The molecule has 0 fully saturated rings. The summed E-state index contributed by atoms with van der Waals surface area (Å²) < 4.78 is 12.7. The summed E-state index contributed by atoms with van der Waals surface area (Å²) in [5.74, 6) is 1.45. The van der Waals surface area contributed by atoms with Crippen LogP contribution in [0.4, 0.5) is 0 Å². The SMILES string of the molecule is CCC(C)(C)Oc1ccc(CCCCNC(=O)C(c2ccccc2)c2ccccc2)c(OC(C)(C)CC)c1. The van der Waals surface area contributed by atoms with Crippen molar-refractivity contribution in [1.82, 2.24) is 5.32 Å². The molecule has 204 valence electrons. The summed E-state index contributed by atoms with van der Waals surface area (Å²) in [7, 11) is 0. The van der Waals surface area contributed by atoms with Crippen LogP contribution < -0.4 is 14.8 Å². The molecule has 1 N–H and O–H groups in total. The van der Waals surface area contributed by atoms with Crippen LogP contribution in [-0.4, -0.2) is 23.7 Å². The Kier molecular flexibility index (Phi) is 10.4. The molecule has 0 heterocycles. The van der Waals surface area contributed by atoms with Gasteiger partial charge in [-0.05, 0) is 82.6 Å². The number of carbonyl (C=O) groups excluding carboxylic acids is 1. The van der Waals surface area contributed by atoms with Gasteiger partial charge in [-0.3, -0.25) is 4.79 Å². The average Bonchev–Trinajstić information content (AvgIpc) is 2.90. The lowest BCUT2D eigenvalue weighted by atomic mass is 9.90. The molecule has 0 saturated heterocycles. The molecule has 0 spiro atoms. The number of nitrogens with one attached hydrogen (secondary N) is 1. The minimum Gasteiger partial charge on any atom is -0.488 e. The molecule has 0 bridgehead atoms. The highest BCUT2D eigenvalue weighted by Crippen LogP contribution is 2.32. The first-order valence-electron chi connectivity index (χ1n) is 14.0. The van der Waals surface area contributed by atoms with E-state index in [4.69, 9.17) is 9.47 Å². The summed E-state index contributed by atoms with van der Waals surface area (Å²) in [5, 5.41) is 3.18. The molecule has 0 saturated carbocycles. The Labute approximate surface area is 229 Å². The van der Waals surface area contributed by atoms with Gasteiger partial charge in [0.05, 0.1) is 5.92 Å². The summed E-state index contributed by atoms with van der Waals surface area (Å²) in [6, 6.07) is 26.2. The summed E-state index contributed by atoms with van der Waals surface area (Å²) in [4.78, 5) is 13.3. The van der Waals surface area contributed by atoms with Gasteiger partial charge in [0.2, 0.25) is 5.91 Å². The first-order valence-corrected chi connectivity index (χ1v) is 14.0. The lowest BCUT2D eigenvalue weighted by Gasteiger charge is -2.29. The second-order valence-corrected chi connectivity index (χ2v) is 11.2. The average molecular weight is 516 g/mol. The normalized spacial score (nSPS) is 11.9. The van der Waals surface area contributed by atoms with Gasteiger partial charge in [-0.15, -0.1) is 0 Å². The molecule has 1 amide bonds. The van der Waals surface area contributed by atoms with E-state index in [0.717, 1.165) is 54.7 Å². The predicted molar refractivity (Wildman–Crippen MR) is 157 cm³/mol. The first-order chi connectivity index (χ1) is 18.1. The molecule has 0 radical (unpaired) electrons. The molecule has 3 aromatic rings. The van der Waals surface area contributed by atoms with Crippen molar-refractivity contribution in [3.63, 3.8) is 0 Å². The van der Waals surface area contributed by atoms with E-state index in [-0.39, 0.29) is 23.0 Å². The second kappa shape index (κ2) is 13.5. The van der Waals surface area contributed by atoms with Crippen molar-refractivity contribution in [3.8, 4) is 11.5 Å². The highest BCUT2D eigenvalue weighted by Gasteiger charge is 2.23. The van der Waals surface area contributed by atoms with Gasteiger partial charge in [0, 0.05) is 12.6 Å². The van der Waals surface area contributed by atoms with E-state index < -0.39 is 0 Å². The largest absolute Gasteiger partial charge is 0.488 e. The van der Waals surface area contributed by atoms with E-state index in [0.29, 0.717) is 6.54 Å². The van der Waals surface area contributed by atoms with Crippen molar-refractivity contribution >= 4 is 5.91 Å². The molecule has 0 aromatic heterocycles. The number of ether oxygens (including phenoxy) is 2. The molecule has 3 rings (SSSR count). The molecule has 4 nitrogen and oxygen atoms in total. The number of hydrogen-bond donors (Lipinski definition) is 1. The third kappa shape index (κ3) is 8.65. The third-order valence-electron chi connectivity index (χ3n) is 7.22. The molecule has 0 unspecified atom stereocenters. The number of hydrogen-bond acceptors (Lipinski definition) is 3. The van der Waals surface area contributed by atoms with Crippen molar-refractivity contribution in [2.75, 3.05) is 6.54 Å². The van der Waals surface area contributed by atoms with Crippen LogP contribution in [-0.2, 0) is 11.2 Å². The lowest BCUT2D eigenvalue weighted by molar-refractivity contribution is -0.121. The van der Waals surface area contributed by atoms with Crippen LogP contribution in [0.3, 0.4) is 0 Å². The molecule has 0 aliphatic rings. The zero-order valence-corrected chi connectivity index (χ0v) is 24.1. The van der Waals surface area contributed by atoms with Crippen LogP contribution in [0, 0.1) is 0 Å². The zero-order valence-electron chi connectivity index (χ0n) is 24.1. The standard InChI is InChI=1S/C34H45NO3/c1-7-33(3,4)37-29-23-22-26(30(25-29)38-34(5,6)8-2)17-15-16-24-35-32(36)31(27-18-11-9-12-19-27)28-20-13-10-14-21-28/h9-14,18-23,25,31H,7-8,15-17,24H2,1-6H3,(H,35,36). The monoisotopic (exact) mass is 515 g/mol. The highest BCUT2D eigenvalue weighted by molar-refractivity contribution is 5.87. The number of rotatable bonds is 14. The maximum atomic E-state index is 13.3. The van der Waals surface area contributed by atoms with Crippen LogP contribution in [0.25, 0.3) is 0 Å². The number of unbranched alkanes of at least 4 members (excludes halogenated alkanes) is 1. The van der Waals surface area contributed by atoms with Crippen molar-refractivity contribution in [3.05, 3.63) is 95.6 Å². The molecule has 0 aliphatic carbocycles. The minimum atomic E-state index is -0.311. The molecule has 3 aromatic carbocycles. The summed E-state index contributed by atoms with van der Waals surface area (Å²) in [5.41, 5.74) is 2.70. The predicted octanol–water partition coefficient (Wildman–Crippen LogP) is 8.09. The molecule has 4 heteroatoms. The van der Waals surface area contributed by atoms with Gasteiger partial charge >= 0.3 is 0 Å². The zero-order chi connectivity index (χ0) is 27.6. The Morgan fingerprint density at radius 1 is 0.763 bits per heavy atom. The fraction of sp³-hybridized carbons (Fsp3) is 0.441. The van der Waals surface area contributed by atoms with Crippen LogP contribution in [0.2, 0.25) is 0 Å². The highest BCUT2D eigenvalue weighted by atomic mass is 16.5.